The van der Waals surface area contributed by atoms with Gasteiger partial charge in [0.15, 0.2) is 5.82 Å². The van der Waals surface area contributed by atoms with Gasteiger partial charge in [-0.05, 0) is 46.6 Å². The lowest BCUT2D eigenvalue weighted by molar-refractivity contribution is -0.383. The van der Waals surface area contributed by atoms with Crippen molar-refractivity contribution in [3.63, 3.8) is 0 Å². The fourth-order valence-corrected chi connectivity index (χ4v) is 4.38. The fourth-order valence-electron chi connectivity index (χ4n) is 4.16. The van der Waals surface area contributed by atoms with Gasteiger partial charge < -0.3 is 16.0 Å². The summed E-state index contributed by atoms with van der Waals surface area (Å²) >= 11 is 5.91. The number of hydrogen-bond donors (Lipinski definition) is 3. The van der Waals surface area contributed by atoms with Crippen molar-refractivity contribution in [3.05, 3.63) is 39.3 Å². The second-order valence-corrected chi connectivity index (χ2v) is 9.40. The predicted octanol–water partition coefficient (Wildman–Crippen LogP) is 4.92. The quantitative estimate of drug-likeness (QED) is 0.414. The third-order valence-electron chi connectivity index (χ3n) is 4.94. The van der Waals surface area contributed by atoms with Crippen LogP contribution in [-0.2, 0) is 6.18 Å². The lowest BCUT2D eigenvalue weighted by atomic mass is 9.79. The first-order valence-electron chi connectivity index (χ1n) is 9.72. The highest BCUT2D eigenvalue weighted by Crippen LogP contribution is 2.37. The van der Waals surface area contributed by atoms with E-state index in [2.05, 4.69) is 30.9 Å². The first kappa shape index (κ1) is 23.9. The predicted molar refractivity (Wildman–Crippen MR) is 114 cm³/mol. The number of rotatable bonds is 5. The zero-order valence-corrected chi connectivity index (χ0v) is 18.6. The lowest BCUT2D eigenvalue weighted by Crippen LogP contribution is -2.60. The Balaban J connectivity index is 1.91. The Morgan fingerprint density at radius 3 is 2.25 bits per heavy atom. The van der Waals surface area contributed by atoms with Gasteiger partial charge in [-0.2, -0.15) is 13.2 Å². The van der Waals surface area contributed by atoms with Crippen LogP contribution in [0.25, 0.3) is 0 Å². The van der Waals surface area contributed by atoms with E-state index in [-0.39, 0.29) is 39.6 Å². The van der Waals surface area contributed by atoms with Crippen molar-refractivity contribution in [1.29, 1.82) is 0 Å². The Bertz CT molecular complexity index is 1010. The maximum Gasteiger partial charge on any atom is 0.417 e. The molecule has 9 nitrogen and oxygen atoms in total. The molecule has 2 aromatic heterocycles. The molecule has 0 aromatic carbocycles. The molecule has 174 valence electrons. The molecule has 0 radical (unpaired) electrons. The Morgan fingerprint density at radius 1 is 1.12 bits per heavy atom. The molecule has 0 unspecified atom stereocenters. The number of nitro groups is 1. The number of halogens is 4. The molecule has 2 aromatic rings. The average molecular weight is 474 g/mol. The van der Waals surface area contributed by atoms with Gasteiger partial charge in [-0.25, -0.2) is 15.0 Å². The van der Waals surface area contributed by atoms with E-state index in [1.54, 1.807) is 0 Å². The minimum atomic E-state index is -4.62. The number of hydrogen-bond acceptors (Lipinski definition) is 8. The van der Waals surface area contributed by atoms with E-state index in [1.165, 1.54) is 0 Å². The number of aromatic nitrogens is 3. The zero-order valence-electron chi connectivity index (χ0n) is 17.8. The van der Waals surface area contributed by atoms with Crippen molar-refractivity contribution in [2.24, 2.45) is 0 Å². The number of anilines is 3. The van der Waals surface area contributed by atoms with Crippen molar-refractivity contribution in [3.8, 4) is 0 Å². The van der Waals surface area contributed by atoms with Gasteiger partial charge in [0.05, 0.1) is 15.5 Å². The maximum absolute atomic E-state index is 12.8. The van der Waals surface area contributed by atoms with Gasteiger partial charge in [-0.15, -0.1) is 0 Å². The summed E-state index contributed by atoms with van der Waals surface area (Å²) in [5.74, 6) is -0.445. The van der Waals surface area contributed by atoms with Crippen molar-refractivity contribution < 1.29 is 18.1 Å². The topological polar surface area (TPSA) is 118 Å². The molecule has 0 saturated carbocycles. The molecule has 0 aliphatic carbocycles. The summed E-state index contributed by atoms with van der Waals surface area (Å²) in [6.45, 7) is 8.18. The molecule has 1 fully saturated rings. The maximum atomic E-state index is 12.8. The van der Waals surface area contributed by atoms with Crippen LogP contribution in [-0.4, -0.2) is 37.0 Å². The van der Waals surface area contributed by atoms with E-state index >= 15 is 0 Å². The van der Waals surface area contributed by atoms with Crippen LogP contribution < -0.4 is 16.0 Å². The molecule has 1 aliphatic rings. The van der Waals surface area contributed by atoms with E-state index in [9.17, 15) is 23.3 Å². The van der Waals surface area contributed by atoms with Crippen molar-refractivity contribution in [1.82, 2.24) is 20.3 Å². The summed E-state index contributed by atoms with van der Waals surface area (Å²) in [6, 6.07) is 0.568. The number of nitrogens with zero attached hydrogens (tertiary/aromatic N) is 4. The second-order valence-electron chi connectivity index (χ2n) is 9.00. The SMILES string of the molecule is CC1(C)CC(Nc2ncnc(Nc3ncc(C(F)(F)F)cc3Cl)c2[N+](=O)[O-])CC(C)(C)N1. The van der Waals surface area contributed by atoms with Gasteiger partial charge in [-0.3, -0.25) is 10.1 Å². The van der Waals surface area contributed by atoms with Crippen LogP contribution in [0, 0.1) is 10.1 Å². The normalized spacial score (nSPS) is 18.2. The van der Waals surface area contributed by atoms with Crippen LogP contribution in [0.2, 0.25) is 5.02 Å². The van der Waals surface area contributed by atoms with Gasteiger partial charge in [0.2, 0.25) is 11.6 Å². The highest BCUT2D eigenvalue weighted by Gasteiger charge is 2.39. The van der Waals surface area contributed by atoms with Crippen LogP contribution in [0.4, 0.5) is 36.3 Å². The van der Waals surface area contributed by atoms with Gasteiger partial charge in [0, 0.05) is 23.3 Å². The molecule has 1 aliphatic heterocycles. The van der Waals surface area contributed by atoms with E-state index in [1.807, 2.05) is 27.7 Å². The summed E-state index contributed by atoms with van der Waals surface area (Å²) < 4.78 is 38.5. The third kappa shape index (κ3) is 5.54. The van der Waals surface area contributed by atoms with E-state index in [0.29, 0.717) is 25.1 Å². The molecule has 0 amide bonds. The molecule has 0 spiro atoms. The highest BCUT2D eigenvalue weighted by molar-refractivity contribution is 6.33. The van der Waals surface area contributed by atoms with E-state index in [4.69, 9.17) is 11.6 Å². The smallest absolute Gasteiger partial charge is 0.361 e. The molecule has 0 atom stereocenters. The largest absolute Gasteiger partial charge is 0.417 e. The molecule has 3 heterocycles. The summed E-state index contributed by atoms with van der Waals surface area (Å²) in [6.07, 6.45) is -1.55. The Kier molecular flexibility index (Phi) is 6.22. The third-order valence-corrected chi connectivity index (χ3v) is 5.23. The average Bonchev–Trinajstić information content (AvgIpc) is 2.59. The van der Waals surface area contributed by atoms with E-state index < -0.39 is 22.4 Å². The molecule has 13 heteroatoms. The summed E-state index contributed by atoms with van der Waals surface area (Å²) in [5.41, 5.74) is -1.91. The van der Waals surface area contributed by atoms with Crippen LogP contribution in [0.5, 0.6) is 0 Å². The molecule has 32 heavy (non-hydrogen) atoms. The summed E-state index contributed by atoms with van der Waals surface area (Å²) in [7, 11) is 0. The van der Waals surface area contributed by atoms with Crippen LogP contribution >= 0.6 is 11.6 Å². The van der Waals surface area contributed by atoms with Crippen molar-refractivity contribution >= 4 is 34.7 Å². The number of nitrogens with one attached hydrogen (secondary N) is 3. The molecular weight excluding hydrogens is 451 g/mol. The van der Waals surface area contributed by atoms with Gasteiger partial charge >= 0.3 is 11.9 Å². The first-order chi connectivity index (χ1) is 14.7. The minimum Gasteiger partial charge on any atom is -0.361 e. The fraction of sp³-hybridized carbons (Fsp3) is 0.526. The minimum absolute atomic E-state index is 0.00552. The number of alkyl halides is 3. The van der Waals surface area contributed by atoms with Gasteiger partial charge in [0.25, 0.3) is 0 Å². The number of piperidine rings is 1. The Labute approximate surface area is 187 Å². The van der Waals surface area contributed by atoms with Crippen molar-refractivity contribution in [2.45, 2.75) is 63.8 Å². The van der Waals surface area contributed by atoms with Crippen LogP contribution in [0.1, 0.15) is 46.1 Å². The molecule has 1 saturated heterocycles. The first-order valence-corrected chi connectivity index (χ1v) is 10.1. The van der Waals surface area contributed by atoms with Crippen molar-refractivity contribution in [2.75, 3.05) is 10.6 Å². The molecular formula is C19H23ClF3N7O2. The van der Waals surface area contributed by atoms with Gasteiger partial charge in [-0.1, -0.05) is 11.6 Å². The van der Waals surface area contributed by atoms with Crippen LogP contribution in [0.15, 0.2) is 18.6 Å². The Morgan fingerprint density at radius 2 is 1.72 bits per heavy atom. The molecule has 0 bridgehead atoms. The molecule has 3 N–H and O–H groups in total. The summed E-state index contributed by atoms with van der Waals surface area (Å²) in [5, 5.41) is 20.7. The monoisotopic (exact) mass is 473 g/mol. The summed E-state index contributed by atoms with van der Waals surface area (Å²) in [4.78, 5) is 22.7. The number of pyridine rings is 1. The molecule has 3 rings (SSSR count). The zero-order chi connectivity index (χ0) is 23.9. The second kappa shape index (κ2) is 8.32. The lowest BCUT2D eigenvalue weighted by Gasteiger charge is -2.46. The van der Waals surface area contributed by atoms with Gasteiger partial charge in [0.1, 0.15) is 6.33 Å². The van der Waals surface area contributed by atoms with Crippen LogP contribution in [0.3, 0.4) is 0 Å². The van der Waals surface area contributed by atoms with E-state index in [0.717, 1.165) is 6.33 Å². The standard InChI is InChI=1S/C19H23ClF3N7O2/c1-17(2)6-11(7-18(3,4)29-17)27-15-13(30(31)32)16(26-9-25-15)28-14-12(20)5-10(8-24-14)19(21,22)23/h5,8-9,11,29H,6-7H2,1-4H3,(H2,24,25,26,27,28). The Hall–Kier alpha value is -2.73. The highest BCUT2D eigenvalue weighted by atomic mass is 35.5.